The smallest absolute Gasteiger partial charge is 0.387 e. The molecule has 0 aliphatic carbocycles. The van der Waals surface area contributed by atoms with Crippen LogP contribution in [0.2, 0.25) is 0 Å². The van der Waals surface area contributed by atoms with Gasteiger partial charge in [0.15, 0.2) is 9.84 Å². The molecule has 2 aromatic carbocycles. The van der Waals surface area contributed by atoms with E-state index in [9.17, 15) is 22.0 Å². The summed E-state index contributed by atoms with van der Waals surface area (Å²) in [6.45, 7) is -2.59. The molecule has 0 atom stereocenters. The van der Waals surface area contributed by atoms with Crippen LogP contribution in [0.15, 0.2) is 48.5 Å². The molecule has 2 aromatic rings. The van der Waals surface area contributed by atoms with E-state index in [1.807, 2.05) is 0 Å². The Morgan fingerprint density at radius 1 is 1.04 bits per heavy atom. The first kappa shape index (κ1) is 19.8. The van der Waals surface area contributed by atoms with Gasteiger partial charge in [-0.2, -0.15) is 8.78 Å². The first-order valence-electron chi connectivity index (χ1n) is 7.70. The molecule has 0 unspecified atom stereocenters. The summed E-state index contributed by atoms with van der Waals surface area (Å²) in [6.07, 6.45) is 1.15. The fourth-order valence-corrected chi connectivity index (χ4v) is 3.19. The quantitative estimate of drug-likeness (QED) is 0.737. The van der Waals surface area contributed by atoms with Crippen molar-refractivity contribution in [3.63, 3.8) is 0 Å². The van der Waals surface area contributed by atoms with Crippen LogP contribution < -0.4 is 4.74 Å². The predicted octanol–water partition coefficient (Wildman–Crippen LogP) is 3.10. The number of nitrogens with zero attached hydrogens (tertiary/aromatic N) is 1. The third kappa shape index (κ3) is 6.11. The van der Waals surface area contributed by atoms with Gasteiger partial charge in [-0.3, -0.25) is 4.79 Å². The Bertz CT molecular complexity index is 850. The number of carbonyl (C=O) groups excluding carboxylic acids is 1. The molecular weight excluding hydrogens is 364 g/mol. The van der Waals surface area contributed by atoms with Gasteiger partial charge in [0.2, 0.25) is 0 Å². The number of ether oxygens (including phenoxy) is 1. The molecular formula is C18H19F2NO4S. The predicted molar refractivity (Wildman–Crippen MR) is 93.9 cm³/mol. The number of alkyl halides is 2. The van der Waals surface area contributed by atoms with Crippen molar-refractivity contribution in [3.05, 3.63) is 65.2 Å². The highest BCUT2D eigenvalue weighted by Gasteiger charge is 2.13. The van der Waals surface area contributed by atoms with Crippen LogP contribution in [0, 0.1) is 0 Å². The minimum absolute atomic E-state index is 0.0548. The van der Waals surface area contributed by atoms with Gasteiger partial charge in [0.1, 0.15) is 5.75 Å². The molecule has 8 heteroatoms. The van der Waals surface area contributed by atoms with Crippen molar-refractivity contribution in [3.8, 4) is 5.75 Å². The Morgan fingerprint density at radius 2 is 1.58 bits per heavy atom. The van der Waals surface area contributed by atoms with E-state index in [2.05, 4.69) is 4.74 Å². The summed E-state index contributed by atoms with van der Waals surface area (Å²) in [6, 6.07) is 12.4. The van der Waals surface area contributed by atoms with Crippen molar-refractivity contribution in [2.75, 3.05) is 13.3 Å². The summed E-state index contributed by atoms with van der Waals surface area (Å²) >= 11 is 0. The van der Waals surface area contributed by atoms with Gasteiger partial charge in [0.05, 0.1) is 5.75 Å². The van der Waals surface area contributed by atoms with Crippen LogP contribution in [0.4, 0.5) is 8.78 Å². The normalized spacial score (nSPS) is 11.4. The molecule has 0 radical (unpaired) electrons. The molecule has 0 aliphatic rings. The summed E-state index contributed by atoms with van der Waals surface area (Å²) < 4.78 is 51.1. The van der Waals surface area contributed by atoms with Crippen molar-refractivity contribution < 1.29 is 26.7 Å². The van der Waals surface area contributed by atoms with Crippen LogP contribution in [0.25, 0.3) is 0 Å². The molecule has 5 nitrogen and oxygen atoms in total. The summed E-state index contributed by atoms with van der Waals surface area (Å²) in [4.78, 5) is 13.9. The van der Waals surface area contributed by atoms with Crippen LogP contribution >= 0.6 is 0 Å². The van der Waals surface area contributed by atoms with Crippen molar-refractivity contribution >= 4 is 15.7 Å². The van der Waals surface area contributed by atoms with Crippen LogP contribution in [0.5, 0.6) is 5.75 Å². The maximum atomic E-state index is 12.4. The first-order valence-corrected chi connectivity index (χ1v) is 9.76. The number of hydrogen-bond donors (Lipinski definition) is 0. The van der Waals surface area contributed by atoms with Crippen molar-refractivity contribution in [1.29, 1.82) is 0 Å². The third-order valence-corrected chi connectivity index (χ3v) is 4.40. The monoisotopic (exact) mass is 383 g/mol. The fourth-order valence-electron chi connectivity index (χ4n) is 2.39. The number of amides is 1. The molecule has 0 saturated heterocycles. The van der Waals surface area contributed by atoms with Crippen LogP contribution in [-0.4, -0.2) is 39.1 Å². The lowest BCUT2D eigenvalue weighted by molar-refractivity contribution is -0.0498. The van der Waals surface area contributed by atoms with E-state index in [0.29, 0.717) is 17.7 Å². The van der Waals surface area contributed by atoms with Gasteiger partial charge < -0.3 is 9.64 Å². The lowest BCUT2D eigenvalue weighted by Crippen LogP contribution is -2.26. The summed E-state index contributed by atoms with van der Waals surface area (Å²) in [5, 5.41) is 0. The molecule has 0 saturated carbocycles. The standard InChI is InChI=1S/C18H19F2NO4S/c1-21(11-13-5-9-16(10-6-13)25-18(19)20)17(22)15-7-3-14(4-8-15)12-26(2,23)24/h3-10,18H,11-12H2,1-2H3. The fraction of sp³-hybridized carbons (Fsp3) is 0.278. The van der Waals surface area contributed by atoms with Crippen molar-refractivity contribution in [2.24, 2.45) is 0 Å². The number of sulfone groups is 1. The molecule has 0 spiro atoms. The Labute approximate surface area is 151 Å². The zero-order valence-corrected chi connectivity index (χ0v) is 15.2. The molecule has 2 rings (SSSR count). The number of benzene rings is 2. The maximum absolute atomic E-state index is 12.4. The molecule has 0 aromatic heterocycles. The van der Waals surface area contributed by atoms with Crippen molar-refractivity contribution in [2.45, 2.75) is 18.9 Å². The van der Waals surface area contributed by atoms with Crippen LogP contribution in [0.1, 0.15) is 21.5 Å². The first-order chi connectivity index (χ1) is 12.1. The zero-order chi connectivity index (χ0) is 19.3. The van der Waals surface area contributed by atoms with E-state index in [4.69, 9.17) is 0 Å². The van der Waals surface area contributed by atoms with Crippen molar-refractivity contribution in [1.82, 2.24) is 4.90 Å². The molecule has 0 N–H and O–H groups in total. The second kappa shape index (κ2) is 8.27. The van der Waals surface area contributed by atoms with E-state index in [0.717, 1.165) is 11.8 Å². The molecule has 0 heterocycles. The van der Waals surface area contributed by atoms with Gasteiger partial charge in [-0.05, 0) is 35.4 Å². The van der Waals surface area contributed by atoms with E-state index < -0.39 is 16.4 Å². The zero-order valence-electron chi connectivity index (χ0n) is 14.4. The minimum atomic E-state index is -3.13. The lowest BCUT2D eigenvalue weighted by Gasteiger charge is -2.18. The van der Waals surface area contributed by atoms with Gasteiger partial charge in [-0.1, -0.05) is 24.3 Å². The van der Waals surface area contributed by atoms with E-state index in [1.165, 1.54) is 17.0 Å². The number of carbonyl (C=O) groups is 1. The molecule has 26 heavy (non-hydrogen) atoms. The highest BCUT2D eigenvalue weighted by atomic mass is 32.2. The Balaban J connectivity index is 2.00. The molecule has 140 valence electrons. The van der Waals surface area contributed by atoms with E-state index >= 15 is 0 Å². The van der Waals surface area contributed by atoms with Gasteiger partial charge in [-0.15, -0.1) is 0 Å². The highest BCUT2D eigenvalue weighted by Crippen LogP contribution is 2.17. The van der Waals surface area contributed by atoms with Gasteiger partial charge in [0.25, 0.3) is 5.91 Å². The van der Waals surface area contributed by atoms with Gasteiger partial charge >= 0.3 is 6.61 Å². The maximum Gasteiger partial charge on any atom is 0.387 e. The minimum Gasteiger partial charge on any atom is -0.435 e. The summed E-state index contributed by atoms with van der Waals surface area (Å²) in [7, 11) is -1.51. The molecule has 0 bridgehead atoms. The number of hydrogen-bond acceptors (Lipinski definition) is 4. The average molecular weight is 383 g/mol. The average Bonchev–Trinajstić information content (AvgIpc) is 2.55. The van der Waals surface area contributed by atoms with E-state index in [-0.39, 0.29) is 17.4 Å². The Kier molecular flexibility index (Phi) is 6.31. The SMILES string of the molecule is CN(Cc1ccc(OC(F)F)cc1)C(=O)c1ccc(CS(C)(=O)=O)cc1. The molecule has 0 fully saturated rings. The topological polar surface area (TPSA) is 63.7 Å². The molecule has 1 amide bonds. The molecule has 0 aliphatic heterocycles. The third-order valence-electron chi connectivity index (χ3n) is 3.54. The second-order valence-corrected chi connectivity index (χ2v) is 8.09. The highest BCUT2D eigenvalue weighted by molar-refractivity contribution is 7.89. The van der Waals surface area contributed by atoms with Gasteiger partial charge in [0, 0.05) is 25.4 Å². The lowest BCUT2D eigenvalue weighted by atomic mass is 10.1. The summed E-state index contributed by atoms with van der Waals surface area (Å²) in [5.74, 6) is -0.257. The van der Waals surface area contributed by atoms with Gasteiger partial charge in [-0.25, -0.2) is 8.42 Å². The Morgan fingerprint density at radius 3 is 2.08 bits per heavy atom. The number of rotatable bonds is 7. The summed E-state index contributed by atoms with van der Waals surface area (Å²) in [5.41, 5.74) is 1.81. The van der Waals surface area contributed by atoms with Crippen LogP contribution in [-0.2, 0) is 22.1 Å². The Hall–Kier alpha value is -2.48. The van der Waals surface area contributed by atoms with Crippen LogP contribution in [0.3, 0.4) is 0 Å². The van der Waals surface area contributed by atoms with E-state index in [1.54, 1.807) is 43.4 Å². The largest absolute Gasteiger partial charge is 0.435 e. The second-order valence-electron chi connectivity index (χ2n) is 5.95. The number of halogens is 2.